The molecule has 0 aliphatic carbocycles. The molecule has 0 fully saturated rings. The SMILES string of the molecule is CC.CNc1ccc2ncnc(NC)c2c1. The van der Waals surface area contributed by atoms with Crippen molar-refractivity contribution in [2.24, 2.45) is 0 Å². The van der Waals surface area contributed by atoms with E-state index in [1.807, 2.05) is 46.1 Å². The van der Waals surface area contributed by atoms with Crippen molar-refractivity contribution in [2.75, 3.05) is 24.7 Å². The topological polar surface area (TPSA) is 49.8 Å². The van der Waals surface area contributed by atoms with Crippen molar-refractivity contribution in [3.8, 4) is 0 Å². The monoisotopic (exact) mass is 218 g/mol. The Kier molecular flexibility index (Phi) is 4.51. The highest BCUT2D eigenvalue weighted by molar-refractivity contribution is 5.91. The van der Waals surface area contributed by atoms with Crippen molar-refractivity contribution in [1.29, 1.82) is 0 Å². The molecule has 16 heavy (non-hydrogen) atoms. The Morgan fingerprint density at radius 1 is 1.00 bits per heavy atom. The van der Waals surface area contributed by atoms with Gasteiger partial charge < -0.3 is 10.6 Å². The van der Waals surface area contributed by atoms with Crippen LogP contribution in [0, 0.1) is 0 Å². The number of hydrogen-bond acceptors (Lipinski definition) is 4. The second-order valence-corrected chi connectivity index (χ2v) is 2.95. The third-order valence-corrected chi connectivity index (χ3v) is 2.16. The third kappa shape index (κ3) is 2.39. The molecule has 0 amide bonds. The summed E-state index contributed by atoms with van der Waals surface area (Å²) in [6, 6.07) is 6.00. The molecule has 2 aromatic rings. The van der Waals surface area contributed by atoms with Crippen LogP contribution in [0.2, 0.25) is 0 Å². The lowest BCUT2D eigenvalue weighted by Gasteiger charge is -2.05. The Balaban J connectivity index is 0.000000606. The first kappa shape index (κ1) is 12.2. The molecule has 0 saturated carbocycles. The largest absolute Gasteiger partial charge is 0.388 e. The van der Waals surface area contributed by atoms with Gasteiger partial charge in [0.05, 0.1) is 5.52 Å². The molecule has 4 heteroatoms. The van der Waals surface area contributed by atoms with Crippen LogP contribution in [0.15, 0.2) is 24.5 Å². The fraction of sp³-hybridized carbons (Fsp3) is 0.333. The molecule has 0 aliphatic heterocycles. The number of fused-ring (bicyclic) bond motifs is 1. The van der Waals surface area contributed by atoms with Crippen molar-refractivity contribution in [3.63, 3.8) is 0 Å². The summed E-state index contributed by atoms with van der Waals surface area (Å²) in [6.07, 6.45) is 1.56. The van der Waals surface area contributed by atoms with Gasteiger partial charge in [-0.1, -0.05) is 13.8 Å². The van der Waals surface area contributed by atoms with E-state index in [4.69, 9.17) is 0 Å². The predicted octanol–water partition coefficient (Wildman–Crippen LogP) is 2.74. The van der Waals surface area contributed by atoms with Gasteiger partial charge in [0, 0.05) is 25.2 Å². The average Bonchev–Trinajstić information content (AvgIpc) is 2.39. The number of aromatic nitrogens is 2. The second-order valence-electron chi connectivity index (χ2n) is 2.95. The molecule has 0 saturated heterocycles. The number of nitrogens with zero attached hydrogens (tertiary/aromatic N) is 2. The molecule has 0 radical (unpaired) electrons. The lowest BCUT2D eigenvalue weighted by atomic mass is 10.2. The van der Waals surface area contributed by atoms with E-state index in [1.54, 1.807) is 6.33 Å². The fourth-order valence-electron chi connectivity index (χ4n) is 1.41. The number of rotatable bonds is 2. The Labute approximate surface area is 96.1 Å². The summed E-state index contributed by atoms with van der Waals surface area (Å²) in [7, 11) is 3.75. The van der Waals surface area contributed by atoms with Crippen LogP contribution in [-0.4, -0.2) is 24.1 Å². The summed E-state index contributed by atoms with van der Waals surface area (Å²) < 4.78 is 0. The Hall–Kier alpha value is -1.84. The maximum absolute atomic E-state index is 4.19. The summed E-state index contributed by atoms with van der Waals surface area (Å²) in [5, 5.41) is 7.16. The molecule has 0 atom stereocenters. The summed E-state index contributed by atoms with van der Waals surface area (Å²) in [5.41, 5.74) is 2.01. The van der Waals surface area contributed by atoms with E-state index < -0.39 is 0 Å². The van der Waals surface area contributed by atoms with Crippen molar-refractivity contribution < 1.29 is 0 Å². The van der Waals surface area contributed by atoms with Gasteiger partial charge in [-0.2, -0.15) is 0 Å². The van der Waals surface area contributed by atoms with Crippen LogP contribution in [0.25, 0.3) is 10.9 Å². The van der Waals surface area contributed by atoms with Gasteiger partial charge in [0.1, 0.15) is 12.1 Å². The number of benzene rings is 1. The molecule has 1 heterocycles. The standard InChI is InChI=1S/C10H12N4.C2H6/c1-11-7-3-4-9-8(5-7)10(12-2)14-6-13-9;1-2/h3-6,11H,1-2H3,(H,12,13,14);1-2H3. The minimum atomic E-state index is 0.854. The second kappa shape index (κ2) is 5.90. The molecule has 1 aromatic carbocycles. The van der Waals surface area contributed by atoms with Crippen LogP contribution >= 0.6 is 0 Å². The zero-order chi connectivity index (χ0) is 12.0. The van der Waals surface area contributed by atoms with Gasteiger partial charge >= 0.3 is 0 Å². The van der Waals surface area contributed by atoms with E-state index in [9.17, 15) is 0 Å². The van der Waals surface area contributed by atoms with Crippen LogP contribution in [0.1, 0.15) is 13.8 Å². The van der Waals surface area contributed by atoms with Gasteiger partial charge in [0.2, 0.25) is 0 Å². The fourth-order valence-corrected chi connectivity index (χ4v) is 1.41. The van der Waals surface area contributed by atoms with E-state index in [-0.39, 0.29) is 0 Å². The summed E-state index contributed by atoms with van der Waals surface area (Å²) >= 11 is 0. The summed E-state index contributed by atoms with van der Waals surface area (Å²) in [4.78, 5) is 8.34. The molecule has 0 unspecified atom stereocenters. The zero-order valence-corrected chi connectivity index (χ0v) is 10.2. The summed E-state index contributed by atoms with van der Waals surface area (Å²) in [6.45, 7) is 4.00. The maximum Gasteiger partial charge on any atom is 0.137 e. The Morgan fingerprint density at radius 2 is 1.75 bits per heavy atom. The molecular weight excluding hydrogens is 200 g/mol. The first-order valence-corrected chi connectivity index (χ1v) is 5.45. The van der Waals surface area contributed by atoms with Gasteiger partial charge in [0.15, 0.2) is 0 Å². The molecule has 2 rings (SSSR count). The smallest absolute Gasteiger partial charge is 0.137 e. The minimum absolute atomic E-state index is 0.854. The van der Waals surface area contributed by atoms with E-state index >= 15 is 0 Å². The third-order valence-electron chi connectivity index (χ3n) is 2.16. The average molecular weight is 218 g/mol. The van der Waals surface area contributed by atoms with E-state index in [0.29, 0.717) is 0 Å². The molecular formula is C12H18N4. The van der Waals surface area contributed by atoms with Crippen molar-refractivity contribution >= 4 is 22.4 Å². The Morgan fingerprint density at radius 3 is 2.38 bits per heavy atom. The quantitative estimate of drug-likeness (QED) is 0.813. The molecule has 2 N–H and O–H groups in total. The highest BCUT2D eigenvalue weighted by atomic mass is 15.0. The lowest BCUT2D eigenvalue weighted by molar-refractivity contribution is 1.21. The van der Waals surface area contributed by atoms with Gasteiger partial charge in [-0.05, 0) is 18.2 Å². The van der Waals surface area contributed by atoms with Crippen molar-refractivity contribution in [1.82, 2.24) is 9.97 Å². The van der Waals surface area contributed by atoms with Gasteiger partial charge in [0.25, 0.3) is 0 Å². The molecule has 1 aromatic heterocycles. The zero-order valence-electron chi connectivity index (χ0n) is 10.2. The van der Waals surface area contributed by atoms with Crippen LogP contribution in [0.4, 0.5) is 11.5 Å². The van der Waals surface area contributed by atoms with E-state index in [0.717, 1.165) is 22.4 Å². The van der Waals surface area contributed by atoms with E-state index in [2.05, 4.69) is 20.6 Å². The van der Waals surface area contributed by atoms with Crippen molar-refractivity contribution in [3.05, 3.63) is 24.5 Å². The van der Waals surface area contributed by atoms with Crippen LogP contribution in [0.3, 0.4) is 0 Å². The first-order chi connectivity index (χ1) is 7.85. The van der Waals surface area contributed by atoms with Crippen LogP contribution in [-0.2, 0) is 0 Å². The highest BCUT2D eigenvalue weighted by Crippen LogP contribution is 2.22. The van der Waals surface area contributed by atoms with Crippen molar-refractivity contribution in [2.45, 2.75) is 13.8 Å². The minimum Gasteiger partial charge on any atom is -0.388 e. The van der Waals surface area contributed by atoms with Gasteiger partial charge in [-0.25, -0.2) is 9.97 Å². The lowest BCUT2D eigenvalue weighted by Crippen LogP contribution is -1.95. The normalized spacial score (nSPS) is 9.25. The van der Waals surface area contributed by atoms with Crippen LogP contribution < -0.4 is 10.6 Å². The van der Waals surface area contributed by atoms with Gasteiger partial charge in [-0.15, -0.1) is 0 Å². The first-order valence-electron chi connectivity index (χ1n) is 5.45. The van der Waals surface area contributed by atoms with E-state index in [1.165, 1.54) is 0 Å². The highest BCUT2D eigenvalue weighted by Gasteiger charge is 2.01. The molecule has 0 bridgehead atoms. The number of anilines is 2. The molecule has 0 spiro atoms. The Bertz CT molecular complexity index is 454. The maximum atomic E-state index is 4.19. The predicted molar refractivity (Wildman–Crippen MR) is 70.0 cm³/mol. The number of hydrogen-bond donors (Lipinski definition) is 2. The van der Waals surface area contributed by atoms with Gasteiger partial charge in [-0.3, -0.25) is 0 Å². The molecule has 0 aliphatic rings. The summed E-state index contributed by atoms with van der Waals surface area (Å²) in [5.74, 6) is 0.854. The van der Waals surface area contributed by atoms with Crippen LogP contribution in [0.5, 0.6) is 0 Å². The number of nitrogens with one attached hydrogen (secondary N) is 2. The molecule has 4 nitrogen and oxygen atoms in total. The molecule has 86 valence electrons.